The Balaban J connectivity index is 1.64. The molecule has 3 aromatic carbocycles. The highest BCUT2D eigenvalue weighted by Crippen LogP contribution is 2.62. The molecule has 3 aromatic rings. The van der Waals surface area contributed by atoms with E-state index in [-0.39, 0.29) is 5.41 Å². The number of benzene rings is 3. The molecule has 0 spiro atoms. The van der Waals surface area contributed by atoms with Gasteiger partial charge in [-0.1, -0.05) is 99.5 Å². The molecule has 1 heterocycles. The first-order chi connectivity index (χ1) is 16.6. The summed E-state index contributed by atoms with van der Waals surface area (Å²) in [6, 6.07) is 27.9. The van der Waals surface area contributed by atoms with E-state index < -0.39 is 0 Å². The Morgan fingerprint density at radius 3 is 1.82 bits per heavy atom. The second kappa shape index (κ2) is 8.68. The van der Waals surface area contributed by atoms with Crippen molar-refractivity contribution < 1.29 is 0 Å². The van der Waals surface area contributed by atoms with Crippen LogP contribution >= 0.6 is 0 Å². The molecule has 1 saturated heterocycles. The summed E-state index contributed by atoms with van der Waals surface area (Å²) >= 11 is 0. The average molecular weight is 450 g/mol. The zero-order chi connectivity index (χ0) is 23.3. The normalized spacial score (nSPS) is 25.3. The average Bonchev–Trinajstić information content (AvgIpc) is 3.53. The maximum Gasteiger partial charge on any atom is 0.0235 e. The Kier molecular flexibility index (Phi) is 5.65. The molecule has 0 amide bonds. The van der Waals surface area contributed by atoms with Crippen LogP contribution in [0, 0.1) is 11.3 Å². The lowest BCUT2D eigenvalue weighted by Crippen LogP contribution is -2.47. The minimum atomic E-state index is 0.287. The minimum absolute atomic E-state index is 0.287. The molecule has 6 rings (SSSR count). The van der Waals surface area contributed by atoms with Gasteiger partial charge >= 0.3 is 0 Å². The Hall–Kier alpha value is -2.38. The zero-order valence-corrected chi connectivity index (χ0v) is 21.1. The van der Waals surface area contributed by atoms with Crippen LogP contribution in [0.5, 0.6) is 0 Å². The van der Waals surface area contributed by atoms with Crippen LogP contribution in [0.1, 0.15) is 75.3 Å². The Morgan fingerprint density at radius 1 is 0.676 bits per heavy atom. The van der Waals surface area contributed by atoms with E-state index >= 15 is 0 Å². The molecule has 176 valence electrons. The first kappa shape index (κ1) is 22.1. The Bertz CT molecular complexity index is 1140. The van der Waals surface area contributed by atoms with Crippen LogP contribution in [-0.2, 0) is 0 Å². The predicted octanol–water partition coefficient (Wildman–Crippen LogP) is 8.51. The summed E-state index contributed by atoms with van der Waals surface area (Å²) in [5, 5.41) is 0. The van der Waals surface area contributed by atoms with Gasteiger partial charge in [-0.25, -0.2) is 0 Å². The molecular weight excluding hydrogens is 410 g/mol. The molecule has 0 bridgehead atoms. The topological polar surface area (TPSA) is 3.24 Å². The second-order valence-electron chi connectivity index (χ2n) is 11.7. The minimum Gasteiger partial charge on any atom is -0.302 e. The molecule has 2 fully saturated rings. The van der Waals surface area contributed by atoms with Crippen LogP contribution in [0.2, 0.25) is 0 Å². The lowest BCUT2D eigenvalue weighted by molar-refractivity contribution is 0.0666. The summed E-state index contributed by atoms with van der Waals surface area (Å²) in [5.74, 6) is 2.02. The summed E-state index contributed by atoms with van der Waals surface area (Å²) < 4.78 is 0. The van der Waals surface area contributed by atoms with E-state index in [1.54, 1.807) is 11.1 Å². The van der Waals surface area contributed by atoms with E-state index in [0.717, 1.165) is 5.92 Å². The summed E-state index contributed by atoms with van der Waals surface area (Å²) in [5.41, 5.74) is 9.35. The quantitative estimate of drug-likeness (QED) is 0.386. The maximum absolute atomic E-state index is 2.74. The SMILES string of the molecule is CN1CCCC2c3c(-c4ccccc4)ccc(-c4ccccc4)c3C(C(C)(C)C3CCCC3)C21. The van der Waals surface area contributed by atoms with E-state index in [1.165, 1.54) is 67.3 Å². The van der Waals surface area contributed by atoms with Gasteiger partial charge in [-0.15, -0.1) is 0 Å². The third-order valence-corrected chi connectivity index (χ3v) is 9.64. The molecule has 1 nitrogen and oxygen atoms in total. The molecule has 1 heteroatoms. The molecule has 3 aliphatic rings. The molecule has 1 saturated carbocycles. The highest BCUT2D eigenvalue weighted by Gasteiger charge is 2.54. The number of hydrogen-bond donors (Lipinski definition) is 0. The molecule has 2 aliphatic carbocycles. The van der Waals surface area contributed by atoms with E-state index in [2.05, 4.69) is 98.6 Å². The lowest BCUT2D eigenvalue weighted by Gasteiger charge is -2.47. The molecule has 1 aliphatic heterocycles. The van der Waals surface area contributed by atoms with Crippen molar-refractivity contribution in [2.75, 3.05) is 13.6 Å². The van der Waals surface area contributed by atoms with E-state index in [9.17, 15) is 0 Å². The summed E-state index contributed by atoms with van der Waals surface area (Å²) in [4.78, 5) is 2.74. The van der Waals surface area contributed by atoms with Gasteiger partial charge in [0.15, 0.2) is 0 Å². The van der Waals surface area contributed by atoms with Crippen LogP contribution in [0.4, 0.5) is 0 Å². The summed E-state index contributed by atoms with van der Waals surface area (Å²) in [6.45, 7) is 6.46. The van der Waals surface area contributed by atoms with Crippen LogP contribution in [0.25, 0.3) is 22.3 Å². The number of hydrogen-bond acceptors (Lipinski definition) is 1. The van der Waals surface area contributed by atoms with Crippen LogP contribution in [0.3, 0.4) is 0 Å². The fourth-order valence-corrected chi connectivity index (χ4v) is 8.01. The van der Waals surface area contributed by atoms with Crippen molar-refractivity contribution in [1.82, 2.24) is 4.90 Å². The third-order valence-electron chi connectivity index (χ3n) is 9.64. The highest BCUT2D eigenvalue weighted by molar-refractivity contribution is 5.80. The van der Waals surface area contributed by atoms with Crippen molar-refractivity contribution in [1.29, 1.82) is 0 Å². The van der Waals surface area contributed by atoms with Crippen LogP contribution < -0.4 is 0 Å². The fraction of sp³-hybridized carbons (Fsp3) is 0.455. The van der Waals surface area contributed by atoms with Crippen LogP contribution in [0.15, 0.2) is 72.8 Å². The van der Waals surface area contributed by atoms with Crippen molar-refractivity contribution in [2.24, 2.45) is 11.3 Å². The molecule has 3 unspecified atom stereocenters. The van der Waals surface area contributed by atoms with Crippen molar-refractivity contribution in [3.63, 3.8) is 0 Å². The van der Waals surface area contributed by atoms with Crippen molar-refractivity contribution in [3.8, 4) is 22.3 Å². The number of likely N-dealkylation sites (tertiary alicyclic amines) is 1. The summed E-state index contributed by atoms with van der Waals surface area (Å²) in [7, 11) is 2.41. The standard InChI is InChI=1S/C33H39N/c1-33(2,25-17-10-11-18-25)31-30-27(24-15-8-5-9-16-24)21-20-26(23-13-6-4-7-14-23)29(30)28-19-12-22-34(3)32(28)31/h4-9,13-16,20-21,25,28,31-32H,10-12,17-19,22H2,1-3H3. The number of likely N-dealkylation sites (N-methyl/N-ethyl adjacent to an activating group) is 1. The third kappa shape index (κ3) is 3.47. The largest absolute Gasteiger partial charge is 0.302 e. The molecule has 0 aromatic heterocycles. The van der Waals surface area contributed by atoms with Gasteiger partial charge < -0.3 is 4.90 Å². The van der Waals surface area contributed by atoms with Crippen LogP contribution in [-0.4, -0.2) is 24.5 Å². The summed E-state index contributed by atoms with van der Waals surface area (Å²) in [6.07, 6.45) is 8.24. The van der Waals surface area contributed by atoms with E-state index in [1.807, 2.05) is 0 Å². The molecule has 34 heavy (non-hydrogen) atoms. The van der Waals surface area contributed by atoms with E-state index in [0.29, 0.717) is 17.9 Å². The number of fused-ring (bicyclic) bond motifs is 3. The van der Waals surface area contributed by atoms with Gasteiger partial charge in [-0.3, -0.25) is 0 Å². The van der Waals surface area contributed by atoms with Gasteiger partial charge in [0.1, 0.15) is 0 Å². The van der Waals surface area contributed by atoms with Gasteiger partial charge in [0, 0.05) is 17.9 Å². The van der Waals surface area contributed by atoms with E-state index in [4.69, 9.17) is 0 Å². The molecule has 0 N–H and O–H groups in total. The maximum atomic E-state index is 2.74. The molecule has 0 radical (unpaired) electrons. The van der Waals surface area contributed by atoms with Gasteiger partial charge in [0.2, 0.25) is 0 Å². The van der Waals surface area contributed by atoms with Crippen molar-refractivity contribution >= 4 is 0 Å². The van der Waals surface area contributed by atoms with Gasteiger partial charge in [-0.2, -0.15) is 0 Å². The number of piperidine rings is 1. The predicted molar refractivity (Wildman–Crippen MR) is 144 cm³/mol. The van der Waals surface area contributed by atoms with Crippen molar-refractivity contribution in [2.45, 2.75) is 70.3 Å². The first-order valence-electron chi connectivity index (χ1n) is 13.5. The first-order valence-corrected chi connectivity index (χ1v) is 13.5. The number of rotatable bonds is 4. The lowest BCUT2D eigenvalue weighted by atomic mass is 9.63. The Morgan fingerprint density at radius 2 is 1.24 bits per heavy atom. The fourth-order valence-electron chi connectivity index (χ4n) is 8.01. The highest BCUT2D eigenvalue weighted by atomic mass is 15.2. The second-order valence-corrected chi connectivity index (χ2v) is 11.7. The Labute approximate surface area is 206 Å². The molecular formula is C33H39N. The van der Waals surface area contributed by atoms with Gasteiger partial charge in [0.25, 0.3) is 0 Å². The smallest absolute Gasteiger partial charge is 0.0235 e. The van der Waals surface area contributed by atoms with Crippen molar-refractivity contribution in [3.05, 3.63) is 83.9 Å². The van der Waals surface area contributed by atoms with Gasteiger partial charge in [0.05, 0.1) is 0 Å². The molecule has 3 atom stereocenters. The van der Waals surface area contributed by atoms with Gasteiger partial charge in [-0.05, 0) is 84.0 Å². The monoisotopic (exact) mass is 449 g/mol. The zero-order valence-electron chi connectivity index (χ0n) is 21.1. The number of nitrogens with zero attached hydrogens (tertiary/aromatic N) is 1.